The molecule has 2 atom stereocenters. The van der Waals surface area contributed by atoms with Gasteiger partial charge < -0.3 is 15.9 Å². The van der Waals surface area contributed by atoms with E-state index >= 15 is 0 Å². The second kappa shape index (κ2) is 4.18. The highest BCUT2D eigenvalue weighted by molar-refractivity contribution is 7.91. The third-order valence-corrected chi connectivity index (χ3v) is 5.98. The molecule has 0 amide bonds. The Hall–Kier alpha value is -0.740. The first-order chi connectivity index (χ1) is 7.82. The first kappa shape index (κ1) is 12.7. The largest absolute Gasteiger partial charge is 0.389 e. The quantitative estimate of drug-likeness (QED) is 0.623. The maximum absolute atomic E-state index is 12.2. The number of rotatable bonds is 2. The number of anilines is 1. The number of β-amino-alcohol motifs (C(OH)–C–C–N with tert-alkyl or cyclic N) is 2. The minimum atomic E-state index is -3.73. The fourth-order valence-electron chi connectivity index (χ4n) is 1.69. The van der Waals surface area contributed by atoms with Gasteiger partial charge in [-0.3, -0.25) is 0 Å². The molecular weight excluding hydrogens is 266 g/mol. The summed E-state index contributed by atoms with van der Waals surface area (Å²) in [6, 6.07) is 0. The van der Waals surface area contributed by atoms with Gasteiger partial charge in [-0.1, -0.05) is 11.3 Å². The van der Waals surface area contributed by atoms with Gasteiger partial charge in [-0.15, -0.1) is 0 Å². The van der Waals surface area contributed by atoms with E-state index in [0.717, 1.165) is 15.6 Å². The van der Waals surface area contributed by atoms with Crippen LogP contribution in [-0.4, -0.2) is 53.2 Å². The lowest BCUT2D eigenvalue weighted by atomic mass is 10.3. The van der Waals surface area contributed by atoms with E-state index in [2.05, 4.69) is 4.98 Å². The molecule has 9 heteroatoms. The van der Waals surface area contributed by atoms with E-state index in [1.807, 2.05) is 0 Å². The number of sulfonamides is 1. The average Bonchev–Trinajstić information content (AvgIpc) is 2.72. The van der Waals surface area contributed by atoms with Gasteiger partial charge in [0.1, 0.15) is 0 Å². The van der Waals surface area contributed by atoms with Crippen LogP contribution in [0.1, 0.15) is 5.69 Å². The van der Waals surface area contributed by atoms with Crippen molar-refractivity contribution in [2.45, 2.75) is 23.3 Å². The first-order valence-electron chi connectivity index (χ1n) is 4.91. The van der Waals surface area contributed by atoms with Gasteiger partial charge in [-0.2, -0.15) is 4.31 Å². The summed E-state index contributed by atoms with van der Waals surface area (Å²) in [5.41, 5.74) is 5.79. The Balaban J connectivity index is 2.35. The summed E-state index contributed by atoms with van der Waals surface area (Å²) in [5.74, 6) is 0. The van der Waals surface area contributed by atoms with Crippen LogP contribution in [0, 0.1) is 6.92 Å². The van der Waals surface area contributed by atoms with E-state index in [0.29, 0.717) is 5.69 Å². The molecule has 2 unspecified atom stereocenters. The van der Waals surface area contributed by atoms with E-state index in [9.17, 15) is 18.6 Å². The van der Waals surface area contributed by atoms with Crippen molar-refractivity contribution in [2.75, 3.05) is 18.8 Å². The molecule has 0 aliphatic carbocycles. The average molecular weight is 279 g/mol. The number of nitrogens with zero attached hydrogens (tertiary/aromatic N) is 2. The van der Waals surface area contributed by atoms with Crippen LogP contribution in [0.5, 0.6) is 0 Å². The number of nitrogen functional groups attached to an aromatic ring is 1. The Morgan fingerprint density at radius 2 is 1.94 bits per heavy atom. The summed E-state index contributed by atoms with van der Waals surface area (Å²) < 4.78 is 25.5. The van der Waals surface area contributed by atoms with Crippen LogP contribution in [0.4, 0.5) is 5.13 Å². The number of aryl methyl sites for hydroxylation is 1. The molecule has 1 aliphatic heterocycles. The predicted molar refractivity (Wildman–Crippen MR) is 62.0 cm³/mol. The van der Waals surface area contributed by atoms with E-state index in [1.165, 1.54) is 0 Å². The van der Waals surface area contributed by atoms with Crippen LogP contribution < -0.4 is 5.73 Å². The molecule has 0 bridgehead atoms. The molecule has 96 valence electrons. The minimum Gasteiger partial charge on any atom is -0.389 e. The van der Waals surface area contributed by atoms with E-state index in [-0.39, 0.29) is 22.4 Å². The van der Waals surface area contributed by atoms with Crippen LogP contribution in [0.3, 0.4) is 0 Å². The van der Waals surface area contributed by atoms with Gasteiger partial charge in [0, 0.05) is 13.1 Å². The molecule has 2 heterocycles. The zero-order valence-corrected chi connectivity index (χ0v) is 10.7. The zero-order chi connectivity index (χ0) is 12.8. The van der Waals surface area contributed by atoms with Gasteiger partial charge >= 0.3 is 0 Å². The van der Waals surface area contributed by atoms with Crippen LogP contribution in [-0.2, 0) is 10.0 Å². The number of aliphatic hydroxyl groups is 2. The molecule has 0 radical (unpaired) electrons. The molecule has 1 aliphatic rings. The molecule has 4 N–H and O–H groups in total. The topological polar surface area (TPSA) is 117 Å². The molecule has 0 spiro atoms. The minimum absolute atomic E-state index is 0.0660. The van der Waals surface area contributed by atoms with E-state index in [1.54, 1.807) is 6.92 Å². The standard InChI is InChI=1S/C8H13N3O4S2/c1-4-7(16-8(9)10-4)17(14,15)11-2-5(12)6(13)3-11/h5-6,12-13H,2-3H2,1H3,(H2,9,10). The predicted octanol–water partition coefficient (Wildman–Crippen LogP) is -1.24. The van der Waals surface area contributed by atoms with Crippen molar-refractivity contribution < 1.29 is 18.6 Å². The lowest BCUT2D eigenvalue weighted by Crippen LogP contribution is -2.29. The lowest BCUT2D eigenvalue weighted by molar-refractivity contribution is 0.0572. The molecule has 0 aromatic carbocycles. The Morgan fingerprint density at radius 3 is 2.35 bits per heavy atom. The van der Waals surface area contributed by atoms with Crippen molar-refractivity contribution >= 4 is 26.5 Å². The fraction of sp³-hybridized carbons (Fsp3) is 0.625. The van der Waals surface area contributed by atoms with Gasteiger partial charge in [0.05, 0.1) is 17.9 Å². The second-order valence-electron chi connectivity index (χ2n) is 3.88. The van der Waals surface area contributed by atoms with E-state index < -0.39 is 22.2 Å². The lowest BCUT2D eigenvalue weighted by Gasteiger charge is -2.14. The van der Waals surface area contributed by atoms with Crippen LogP contribution in [0.2, 0.25) is 0 Å². The van der Waals surface area contributed by atoms with Gasteiger partial charge in [0.2, 0.25) is 0 Å². The molecule has 17 heavy (non-hydrogen) atoms. The number of aliphatic hydroxyl groups excluding tert-OH is 2. The summed E-state index contributed by atoms with van der Waals surface area (Å²) in [5, 5.41) is 18.9. The highest BCUT2D eigenvalue weighted by Crippen LogP contribution is 2.29. The van der Waals surface area contributed by atoms with Crippen LogP contribution in [0.15, 0.2) is 4.21 Å². The Bertz CT molecular complexity index is 517. The molecular formula is C8H13N3O4S2. The van der Waals surface area contributed by atoms with Crippen LogP contribution >= 0.6 is 11.3 Å². The molecule has 1 fully saturated rings. The zero-order valence-electron chi connectivity index (χ0n) is 9.07. The Kier molecular flexibility index (Phi) is 3.12. The summed E-state index contributed by atoms with van der Waals surface area (Å²) >= 11 is 0.884. The first-order valence-corrected chi connectivity index (χ1v) is 7.17. The van der Waals surface area contributed by atoms with Gasteiger partial charge in [0.15, 0.2) is 9.34 Å². The summed E-state index contributed by atoms with van der Waals surface area (Å²) in [6.45, 7) is 1.34. The number of thiazole rings is 1. The number of hydrogen-bond acceptors (Lipinski definition) is 7. The number of aromatic nitrogens is 1. The summed E-state index contributed by atoms with van der Waals surface area (Å²) in [6.07, 6.45) is -2.09. The third-order valence-electron chi connectivity index (χ3n) is 2.57. The molecule has 1 aromatic rings. The van der Waals surface area contributed by atoms with Gasteiger partial charge in [-0.25, -0.2) is 13.4 Å². The maximum atomic E-state index is 12.2. The Morgan fingerprint density at radius 1 is 1.41 bits per heavy atom. The Labute approximate surface area is 103 Å². The highest BCUT2D eigenvalue weighted by atomic mass is 32.2. The maximum Gasteiger partial charge on any atom is 0.254 e. The molecule has 0 saturated carbocycles. The smallest absolute Gasteiger partial charge is 0.254 e. The third kappa shape index (κ3) is 2.16. The van der Waals surface area contributed by atoms with Crippen LogP contribution in [0.25, 0.3) is 0 Å². The van der Waals surface area contributed by atoms with Gasteiger partial charge in [0.25, 0.3) is 10.0 Å². The molecule has 2 rings (SSSR count). The fourth-order valence-corrected chi connectivity index (χ4v) is 4.60. The monoisotopic (exact) mass is 279 g/mol. The van der Waals surface area contributed by atoms with E-state index in [4.69, 9.17) is 5.73 Å². The normalized spacial score (nSPS) is 26.5. The number of nitrogens with two attached hydrogens (primary N) is 1. The molecule has 1 aromatic heterocycles. The van der Waals surface area contributed by atoms with Gasteiger partial charge in [-0.05, 0) is 6.92 Å². The SMILES string of the molecule is Cc1nc(N)sc1S(=O)(=O)N1CC(O)C(O)C1. The van der Waals surface area contributed by atoms with Crippen molar-refractivity contribution in [3.05, 3.63) is 5.69 Å². The van der Waals surface area contributed by atoms with Crippen molar-refractivity contribution in [1.29, 1.82) is 0 Å². The highest BCUT2D eigenvalue weighted by Gasteiger charge is 2.39. The second-order valence-corrected chi connectivity index (χ2v) is 7.05. The summed E-state index contributed by atoms with van der Waals surface area (Å²) in [4.78, 5) is 3.85. The molecule has 7 nitrogen and oxygen atoms in total. The molecule has 1 saturated heterocycles. The number of hydrogen-bond donors (Lipinski definition) is 3. The van der Waals surface area contributed by atoms with Crippen molar-refractivity contribution in [2.24, 2.45) is 0 Å². The van der Waals surface area contributed by atoms with Crippen molar-refractivity contribution in [3.63, 3.8) is 0 Å². The van der Waals surface area contributed by atoms with Crippen molar-refractivity contribution in [1.82, 2.24) is 9.29 Å². The van der Waals surface area contributed by atoms with Crippen molar-refractivity contribution in [3.8, 4) is 0 Å². The summed E-state index contributed by atoms with van der Waals surface area (Å²) in [7, 11) is -3.73.